The number of rotatable bonds is 8. The van der Waals surface area contributed by atoms with E-state index in [1.54, 1.807) is 6.07 Å². The van der Waals surface area contributed by atoms with Gasteiger partial charge in [-0.3, -0.25) is 4.79 Å². The first kappa shape index (κ1) is 22.3. The van der Waals surface area contributed by atoms with Crippen LogP contribution >= 0.6 is 0 Å². The van der Waals surface area contributed by atoms with E-state index in [9.17, 15) is 4.79 Å². The van der Waals surface area contributed by atoms with Crippen molar-refractivity contribution in [1.82, 2.24) is 4.90 Å². The number of benzene rings is 3. The highest BCUT2D eigenvalue weighted by molar-refractivity contribution is 6.01. The number of aliphatic imine (C=N–C) groups is 1. The molecule has 0 spiro atoms. The van der Waals surface area contributed by atoms with Crippen LogP contribution in [0.5, 0.6) is 0 Å². The highest BCUT2D eigenvalue weighted by Crippen LogP contribution is 2.12. The summed E-state index contributed by atoms with van der Waals surface area (Å²) in [6.45, 7) is 5.85. The molecule has 0 aromatic heterocycles. The normalized spacial score (nSPS) is 11.2. The number of ether oxygens (including phenoxy) is 1. The Kier molecular flexibility index (Phi) is 8.41. The van der Waals surface area contributed by atoms with Crippen LogP contribution in [0, 0.1) is 6.92 Å². The lowest BCUT2D eigenvalue weighted by molar-refractivity contribution is 0.0993. The molecule has 0 saturated heterocycles. The number of carbonyl (C=O) groups excluding carboxylic acids is 1. The molecule has 0 aliphatic rings. The summed E-state index contributed by atoms with van der Waals surface area (Å²) in [7, 11) is 0. The lowest BCUT2D eigenvalue weighted by Gasteiger charge is -2.26. The first-order valence-electron chi connectivity index (χ1n) is 10.8. The van der Waals surface area contributed by atoms with Crippen molar-refractivity contribution < 1.29 is 9.53 Å². The zero-order valence-electron chi connectivity index (χ0n) is 18.3. The molecule has 0 fully saturated rings. The van der Waals surface area contributed by atoms with Gasteiger partial charge in [-0.15, -0.1) is 0 Å². The fourth-order valence-corrected chi connectivity index (χ4v) is 3.27. The molecule has 0 heterocycles. The maximum absolute atomic E-state index is 12.9. The summed E-state index contributed by atoms with van der Waals surface area (Å²) in [6.07, 6.45) is 1.68. The van der Waals surface area contributed by atoms with Crippen LogP contribution in [0.1, 0.15) is 40.4 Å². The van der Waals surface area contributed by atoms with Crippen molar-refractivity contribution in [2.45, 2.75) is 33.2 Å². The largest absolute Gasteiger partial charge is 0.465 e. The van der Waals surface area contributed by atoms with E-state index in [0.717, 1.165) is 24.0 Å². The fraction of sp³-hybridized carbons (Fsp3) is 0.259. The third-order valence-corrected chi connectivity index (χ3v) is 4.90. The zero-order chi connectivity index (χ0) is 21.9. The Balaban J connectivity index is 1.88. The molecule has 4 heteroatoms. The Bertz CT molecular complexity index is 984. The molecular weight excluding hydrogens is 384 g/mol. The van der Waals surface area contributed by atoms with Crippen molar-refractivity contribution in [2.24, 2.45) is 4.99 Å². The minimum Gasteiger partial charge on any atom is -0.465 e. The van der Waals surface area contributed by atoms with Crippen molar-refractivity contribution in [3.05, 3.63) is 107 Å². The van der Waals surface area contributed by atoms with E-state index >= 15 is 0 Å². The van der Waals surface area contributed by atoms with Crippen LogP contribution in [0.3, 0.4) is 0 Å². The number of amidine groups is 1. The standard InChI is InChI=1S/C27H30N2O2/c1-3-19-31-27(28-26(30)25-16-10-11-22(2)20-25)29(21-24-14-8-5-9-15-24)18-17-23-12-6-4-7-13-23/h4-16,20H,3,17-19,21H2,1-2H3. The van der Waals surface area contributed by atoms with Crippen LogP contribution < -0.4 is 0 Å². The molecule has 0 unspecified atom stereocenters. The molecule has 4 nitrogen and oxygen atoms in total. The average Bonchev–Trinajstić information content (AvgIpc) is 2.80. The number of carbonyl (C=O) groups is 1. The van der Waals surface area contributed by atoms with Crippen molar-refractivity contribution in [3.8, 4) is 0 Å². The minimum absolute atomic E-state index is 0.285. The van der Waals surface area contributed by atoms with Gasteiger partial charge in [0.25, 0.3) is 11.9 Å². The smallest absolute Gasteiger partial charge is 0.295 e. The predicted molar refractivity (Wildman–Crippen MR) is 126 cm³/mol. The average molecular weight is 415 g/mol. The molecule has 0 N–H and O–H groups in total. The van der Waals surface area contributed by atoms with E-state index < -0.39 is 0 Å². The van der Waals surface area contributed by atoms with Crippen LogP contribution in [0.15, 0.2) is 89.9 Å². The first-order chi connectivity index (χ1) is 15.2. The van der Waals surface area contributed by atoms with E-state index in [1.165, 1.54) is 5.56 Å². The number of hydrogen-bond acceptors (Lipinski definition) is 2. The van der Waals surface area contributed by atoms with E-state index in [1.807, 2.05) is 68.4 Å². The van der Waals surface area contributed by atoms with Crippen molar-refractivity contribution in [3.63, 3.8) is 0 Å². The van der Waals surface area contributed by atoms with Gasteiger partial charge in [0.05, 0.1) is 6.61 Å². The number of hydrogen-bond donors (Lipinski definition) is 0. The third kappa shape index (κ3) is 7.10. The van der Waals surface area contributed by atoms with Gasteiger partial charge in [-0.25, -0.2) is 0 Å². The lowest BCUT2D eigenvalue weighted by Crippen LogP contribution is -2.35. The SMILES string of the molecule is CCCOC(=NC(=O)c1cccc(C)c1)N(CCc1ccccc1)Cc1ccccc1. The molecule has 0 radical (unpaired) electrons. The first-order valence-corrected chi connectivity index (χ1v) is 10.8. The van der Waals surface area contributed by atoms with Crippen molar-refractivity contribution >= 4 is 11.9 Å². The van der Waals surface area contributed by atoms with E-state index in [-0.39, 0.29) is 5.91 Å². The molecule has 0 bridgehead atoms. The fourth-order valence-electron chi connectivity index (χ4n) is 3.27. The summed E-state index contributed by atoms with van der Waals surface area (Å²) in [5.41, 5.74) is 3.98. The molecule has 1 amide bonds. The Morgan fingerprint density at radius 1 is 0.903 bits per heavy atom. The van der Waals surface area contributed by atoms with Crippen LogP contribution in [-0.2, 0) is 17.7 Å². The van der Waals surface area contributed by atoms with Gasteiger partial charge in [0.1, 0.15) is 0 Å². The van der Waals surface area contributed by atoms with Crippen molar-refractivity contribution in [2.75, 3.05) is 13.2 Å². The molecule has 0 atom stereocenters. The summed E-state index contributed by atoms with van der Waals surface area (Å²) < 4.78 is 5.99. The summed E-state index contributed by atoms with van der Waals surface area (Å²) in [5.74, 6) is -0.285. The Morgan fingerprint density at radius 2 is 1.58 bits per heavy atom. The van der Waals surface area contributed by atoms with Crippen LogP contribution in [0.2, 0.25) is 0 Å². The van der Waals surface area contributed by atoms with Gasteiger partial charge in [-0.05, 0) is 43.0 Å². The second-order valence-electron chi connectivity index (χ2n) is 7.56. The van der Waals surface area contributed by atoms with Gasteiger partial charge < -0.3 is 9.64 Å². The van der Waals surface area contributed by atoms with Gasteiger partial charge in [0.15, 0.2) is 0 Å². The second-order valence-corrected chi connectivity index (χ2v) is 7.56. The molecule has 0 saturated carbocycles. The second kappa shape index (κ2) is 11.7. The minimum atomic E-state index is -0.285. The summed E-state index contributed by atoms with van der Waals surface area (Å²) in [6, 6.07) is 28.4. The van der Waals surface area contributed by atoms with Crippen molar-refractivity contribution in [1.29, 1.82) is 0 Å². The predicted octanol–water partition coefficient (Wildman–Crippen LogP) is 5.66. The van der Waals surface area contributed by atoms with Gasteiger partial charge in [-0.1, -0.05) is 85.3 Å². The van der Waals surface area contributed by atoms with E-state index in [2.05, 4.69) is 34.2 Å². The Hall–Kier alpha value is -3.40. The number of aryl methyl sites for hydroxylation is 1. The highest BCUT2D eigenvalue weighted by atomic mass is 16.5. The Morgan fingerprint density at radius 3 is 2.23 bits per heavy atom. The summed E-state index contributed by atoms with van der Waals surface area (Å²) in [5, 5.41) is 0. The van der Waals surface area contributed by atoms with Gasteiger partial charge in [0, 0.05) is 18.7 Å². The highest BCUT2D eigenvalue weighted by Gasteiger charge is 2.17. The van der Waals surface area contributed by atoms with E-state index in [0.29, 0.717) is 31.3 Å². The van der Waals surface area contributed by atoms with Gasteiger partial charge in [-0.2, -0.15) is 4.99 Å². The van der Waals surface area contributed by atoms with Gasteiger partial charge >= 0.3 is 0 Å². The lowest BCUT2D eigenvalue weighted by atomic mass is 10.1. The third-order valence-electron chi connectivity index (χ3n) is 4.90. The van der Waals surface area contributed by atoms with Crippen LogP contribution in [0.4, 0.5) is 0 Å². The van der Waals surface area contributed by atoms with E-state index in [4.69, 9.17) is 4.74 Å². The molecule has 31 heavy (non-hydrogen) atoms. The molecule has 0 aliphatic heterocycles. The summed E-state index contributed by atoms with van der Waals surface area (Å²) in [4.78, 5) is 19.4. The number of nitrogens with zero attached hydrogens (tertiary/aromatic N) is 2. The zero-order valence-corrected chi connectivity index (χ0v) is 18.3. The number of amides is 1. The molecule has 0 aliphatic carbocycles. The molecule has 160 valence electrons. The maximum atomic E-state index is 12.9. The molecule has 3 aromatic carbocycles. The quantitative estimate of drug-likeness (QED) is 0.353. The molecular formula is C27H30N2O2. The topological polar surface area (TPSA) is 41.9 Å². The Labute approximate surface area is 185 Å². The van der Waals surface area contributed by atoms with Crippen LogP contribution in [0.25, 0.3) is 0 Å². The van der Waals surface area contributed by atoms with Crippen LogP contribution in [-0.4, -0.2) is 30.0 Å². The molecule has 3 aromatic rings. The molecule has 3 rings (SSSR count). The maximum Gasteiger partial charge on any atom is 0.295 e. The summed E-state index contributed by atoms with van der Waals surface area (Å²) >= 11 is 0. The van der Waals surface area contributed by atoms with Gasteiger partial charge in [0.2, 0.25) is 0 Å². The monoisotopic (exact) mass is 414 g/mol.